The highest BCUT2D eigenvalue weighted by Gasteiger charge is 2.04. The van der Waals surface area contributed by atoms with Crippen molar-refractivity contribution in [3.05, 3.63) is 18.0 Å². The molecule has 4 nitrogen and oxygen atoms in total. The maximum absolute atomic E-state index is 10.9. The molecule has 1 rings (SSSR count). The van der Waals surface area contributed by atoms with E-state index in [0.29, 0.717) is 6.54 Å². The number of carbonyl (C=O) groups is 1. The molecule has 13 heavy (non-hydrogen) atoms. The van der Waals surface area contributed by atoms with Gasteiger partial charge in [-0.25, -0.2) is 0 Å². The van der Waals surface area contributed by atoms with Crippen molar-refractivity contribution in [1.29, 1.82) is 0 Å². The molecular weight excluding hydrogens is 166 g/mol. The molecule has 0 unspecified atom stereocenters. The molecule has 72 valence electrons. The van der Waals surface area contributed by atoms with Gasteiger partial charge in [0, 0.05) is 38.8 Å². The van der Waals surface area contributed by atoms with Crippen molar-refractivity contribution in [2.24, 2.45) is 0 Å². The van der Waals surface area contributed by atoms with Gasteiger partial charge in [0.05, 0.1) is 6.20 Å². The second kappa shape index (κ2) is 4.07. The van der Waals surface area contributed by atoms with Crippen LogP contribution in [0, 0.1) is 0 Å². The molecular formula is C9H15N3O. The van der Waals surface area contributed by atoms with Gasteiger partial charge in [0.1, 0.15) is 0 Å². The van der Waals surface area contributed by atoms with Gasteiger partial charge in [-0.05, 0) is 6.92 Å². The van der Waals surface area contributed by atoms with E-state index >= 15 is 0 Å². The van der Waals surface area contributed by atoms with Crippen molar-refractivity contribution in [1.82, 2.24) is 14.7 Å². The predicted molar refractivity (Wildman–Crippen MR) is 50.0 cm³/mol. The first-order chi connectivity index (χ1) is 6.13. The molecule has 0 N–H and O–H groups in total. The van der Waals surface area contributed by atoms with Gasteiger partial charge in [0.25, 0.3) is 0 Å². The molecule has 0 saturated heterocycles. The number of amides is 1. The average molecular weight is 181 g/mol. The van der Waals surface area contributed by atoms with Gasteiger partial charge in [0.15, 0.2) is 0 Å². The van der Waals surface area contributed by atoms with E-state index in [9.17, 15) is 4.79 Å². The van der Waals surface area contributed by atoms with Crippen LogP contribution >= 0.6 is 0 Å². The number of aromatic nitrogens is 2. The number of aryl methyl sites for hydroxylation is 1. The van der Waals surface area contributed by atoms with Crippen molar-refractivity contribution < 1.29 is 4.79 Å². The van der Waals surface area contributed by atoms with Crippen LogP contribution < -0.4 is 0 Å². The zero-order valence-corrected chi connectivity index (χ0v) is 8.32. The quantitative estimate of drug-likeness (QED) is 0.694. The average Bonchev–Trinajstić information content (AvgIpc) is 2.52. The molecule has 0 bridgehead atoms. The summed E-state index contributed by atoms with van der Waals surface area (Å²) in [6.07, 6.45) is 3.75. The fraction of sp³-hybridized carbons (Fsp3) is 0.556. The van der Waals surface area contributed by atoms with Crippen LogP contribution in [0.3, 0.4) is 0 Å². The Balaban J connectivity index is 2.58. The molecule has 1 aromatic heterocycles. The second-order valence-electron chi connectivity index (χ2n) is 3.08. The van der Waals surface area contributed by atoms with Crippen molar-refractivity contribution >= 4 is 5.91 Å². The molecule has 0 saturated carbocycles. The zero-order chi connectivity index (χ0) is 9.84. The summed E-state index contributed by atoms with van der Waals surface area (Å²) in [5, 5.41) is 4.13. The molecule has 0 aromatic carbocycles. The Labute approximate surface area is 78.1 Å². The minimum Gasteiger partial charge on any atom is -0.342 e. The smallest absolute Gasteiger partial charge is 0.219 e. The highest BCUT2D eigenvalue weighted by atomic mass is 16.2. The number of hydrogen-bond donors (Lipinski definition) is 0. The fourth-order valence-corrected chi connectivity index (χ4v) is 1.05. The minimum absolute atomic E-state index is 0.0734. The maximum atomic E-state index is 10.9. The van der Waals surface area contributed by atoms with Gasteiger partial charge < -0.3 is 4.90 Å². The Morgan fingerprint density at radius 2 is 2.38 bits per heavy atom. The number of carbonyl (C=O) groups excluding carboxylic acids is 1. The first kappa shape index (κ1) is 9.77. The van der Waals surface area contributed by atoms with Gasteiger partial charge in [0.2, 0.25) is 5.91 Å². The molecule has 0 fully saturated rings. The number of nitrogens with zero attached hydrogens (tertiary/aromatic N) is 3. The van der Waals surface area contributed by atoms with Crippen molar-refractivity contribution in [2.45, 2.75) is 26.9 Å². The lowest BCUT2D eigenvalue weighted by atomic mass is 10.3. The molecule has 0 aliphatic carbocycles. The second-order valence-corrected chi connectivity index (χ2v) is 3.08. The Morgan fingerprint density at radius 1 is 1.69 bits per heavy atom. The fourth-order valence-electron chi connectivity index (χ4n) is 1.05. The molecule has 0 atom stereocenters. The van der Waals surface area contributed by atoms with E-state index in [4.69, 9.17) is 0 Å². The van der Waals surface area contributed by atoms with Crippen molar-refractivity contribution in [2.75, 3.05) is 7.05 Å². The summed E-state index contributed by atoms with van der Waals surface area (Å²) in [6, 6.07) is 0. The van der Waals surface area contributed by atoms with E-state index < -0.39 is 0 Å². The Kier molecular flexibility index (Phi) is 3.06. The summed E-state index contributed by atoms with van der Waals surface area (Å²) >= 11 is 0. The monoisotopic (exact) mass is 181 g/mol. The van der Waals surface area contributed by atoms with Crippen LogP contribution in [-0.4, -0.2) is 27.6 Å². The van der Waals surface area contributed by atoms with Crippen LogP contribution in [0.25, 0.3) is 0 Å². The third-order valence-electron chi connectivity index (χ3n) is 1.97. The van der Waals surface area contributed by atoms with Crippen molar-refractivity contribution in [3.63, 3.8) is 0 Å². The Bertz CT molecular complexity index is 293. The highest BCUT2D eigenvalue weighted by molar-refractivity contribution is 5.72. The molecule has 1 heterocycles. The van der Waals surface area contributed by atoms with Crippen LogP contribution in [0.2, 0.25) is 0 Å². The first-order valence-electron chi connectivity index (χ1n) is 4.36. The number of rotatable bonds is 3. The molecule has 0 radical (unpaired) electrons. The molecule has 4 heteroatoms. The SMILES string of the molecule is CCn1cc(CN(C)C(C)=O)cn1. The van der Waals surface area contributed by atoms with E-state index in [1.54, 1.807) is 25.1 Å². The van der Waals surface area contributed by atoms with Crippen molar-refractivity contribution in [3.8, 4) is 0 Å². The van der Waals surface area contributed by atoms with Crippen LogP contribution in [0.4, 0.5) is 0 Å². The summed E-state index contributed by atoms with van der Waals surface area (Å²) in [5.74, 6) is 0.0734. The lowest BCUT2D eigenvalue weighted by molar-refractivity contribution is -0.128. The molecule has 1 aromatic rings. The summed E-state index contributed by atoms with van der Waals surface area (Å²) in [6.45, 7) is 5.09. The Morgan fingerprint density at radius 3 is 2.85 bits per heavy atom. The minimum atomic E-state index is 0.0734. The zero-order valence-electron chi connectivity index (χ0n) is 8.32. The van der Waals surface area contributed by atoms with Gasteiger partial charge in [-0.1, -0.05) is 0 Å². The summed E-state index contributed by atoms with van der Waals surface area (Å²) in [5.41, 5.74) is 1.07. The van der Waals surface area contributed by atoms with Gasteiger partial charge in [-0.15, -0.1) is 0 Å². The van der Waals surface area contributed by atoms with Crippen LogP contribution in [-0.2, 0) is 17.9 Å². The summed E-state index contributed by atoms with van der Waals surface area (Å²) in [4.78, 5) is 12.6. The summed E-state index contributed by atoms with van der Waals surface area (Å²) < 4.78 is 1.85. The lowest BCUT2D eigenvalue weighted by Crippen LogP contribution is -2.22. The van der Waals surface area contributed by atoms with E-state index in [1.165, 1.54) is 0 Å². The van der Waals surface area contributed by atoms with E-state index in [1.807, 2.05) is 17.8 Å². The van der Waals surface area contributed by atoms with E-state index in [-0.39, 0.29) is 5.91 Å². The maximum Gasteiger partial charge on any atom is 0.219 e. The van der Waals surface area contributed by atoms with Crippen LogP contribution in [0.15, 0.2) is 12.4 Å². The van der Waals surface area contributed by atoms with Crippen LogP contribution in [0.5, 0.6) is 0 Å². The topological polar surface area (TPSA) is 38.1 Å². The molecule has 1 amide bonds. The predicted octanol–water partition coefficient (Wildman–Crippen LogP) is 0.881. The summed E-state index contributed by atoms with van der Waals surface area (Å²) in [7, 11) is 1.78. The van der Waals surface area contributed by atoms with E-state index in [2.05, 4.69) is 5.10 Å². The Hall–Kier alpha value is -1.32. The largest absolute Gasteiger partial charge is 0.342 e. The van der Waals surface area contributed by atoms with Gasteiger partial charge in [-0.3, -0.25) is 9.48 Å². The standard InChI is InChI=1S/C9H15N3O/c1-4-12-7-9(5-10-12)6-11(3)8(2)13/h5,7H,4,6H2,1-3H3. The molecule has 0 spiro atoms. The van der Waals surface area contributed by atoms with Crippen LogP contribution in [0.1, 0.15) is 19.4 Å². The van der Waals surface area contributed by atoms with Gasteiger partial charge in [-0.2, -0.15) is 5.10 Å². The third kappa shape index (κ3) is 2.57. The van der Waals surface area contributed by atoms with Gasteiger partial charge >= 0.3 is 0 Å². The van der Waals surface area contributed by atoms with E-state index in [0.717, 1.165) is 12.1 Å². The highest BCUT2D eigenvalue weighted by Crippen LogP contribution is 2.01. The third-order valence-corrected chi connectivity index (χ3v) is 1.97. The number of hydrogen-bond acceptors (Lipinski definition) is 2. The molecule has 0 aliphatic rings. The first-order valence-corrected chi connectivity index (χ1v) is 4.36. The normalized spacial score (nSPS) is 10.1. The lowest BCUT2D eigenvalue weighted by Gasteiger charge is -2.12. The molecule has 0 aliphatic heterocycles.